The number of benzene rings is 2. The van der Waals surface area contributed by atoms with Gasteiger partial charge in [0.2, 0.25) is 5.91 Å². The van der Waals surface area contributed by atoms with Gasteiger partial charge in [-0.15, -0.1) is 0 Å². The normalized spacial score (nSPS) is 20.3. The lowest BCUT2D eigenvalue weighted by Crippen LogP contribution is -2.52. The number of aromatic carboxylic acids is 1. The van der Waals surface area contributed by atoms with Gasteiger partial charge in [-0.25, -0.2) is 4.79 Å². The maximum Gasteiger partial charge on any atom is 0.335 e. The van der Waals surface area contributed by atoms with E-state index in [1.54, 1.807) is 29.2 Å². The molecule has 2 heterocycles. The van der Waals surface area contributed by atoms with Crippen molar-refractivity contribution in [1.82, 2.24) is 5.32 Å². The quantitative estimate of drug-likeness (QED) is 0.830. The van der Waals surface area contributed by atoms with Crippen LogP contribution in [-0.4, -0.2) is 34.3 Å². The average Bonchev–Trinajstić information content (AvgIpc) is 3.18. The van der Waals surface area contributed by atoms with Crippen LogP contribution in [0.2, 0.25) is 0 Å². The molecule has 0 aromatic heterocycles. The number of carboxylic acid groups (broad SMARTS) is 1. The second-order valence-electron chi connectivity index (χ2n) is 6.59. The Morgan fingerprint density at radius 2 is 1.89 bits per heavy atom. The smallest absolute Gasteiger partial charge is 0.335 e. The number of thioether (sulfide) groups is 1. The van der Waals surface area contributed by atoms with Crippen LogP contribution < -0.4 is 10.2 Å². The second-order valence-corrected chi connectivity index (χ2v) is 7.91. The monoisotopic (exact) mass is 382 g/mol. The van der Waals surface area contributed by atoms with Gasteiger partial charge in [-0.05, 0) is 42.7 Å². The molecule has 1 unspecified atom stereocenters. The van der Waals surface area contributed by atoms with Gasteiger partial charge in [0.25, 0.3) is 5.91 Å². The van der Waals surface area contributed by atoms with Crippen LogP contribution in [0, 0.1) is 0 Å². The lowest BCUT2D eigenvalue weighted by atomic mass is 10.1. The first kappa shape index (κ1) is 17.6. The third kappa shape index (κ3) is 2.98. The van der Waals surface area contributed by atoms with Crippen LogP contribution in [0.4, 0.5) is 5.69 Å². The Labute approximate surface area is 160 Å². The summed E-state index contributed by atoms with van der Waals surface area (Å²) in [5.74, 6) is -1.14. The number of carbonyl (C=O) groups excluding carboxylic acids is 2. The molecule has 27 heavy (non-hydrogen) atoms. The van der Waals surface area contributed by atoms with Gasteiger partial charge in [0.15, 0.2) is 4.87 Å². The van der Waals surface area contributed by atoms with Gasteiger partial charge in [-0.1, -0.05) is 36.0 Å². The van der Waals surface area contributed by atoms with E-state index in [4.69, 9.17) is 5.11 Å². The van der Waals surface area contributed by atoms with Crippen LogP contribution in [-0.2, 0) is 16.0 Å². The van der Waals surface area contributed by atoms with E-state index >= 15 is 0 Å². The lowest BCUT2D eigenvalue weighted by molar-refractivity contribution is -0.124. The Bertz CT molecular complexity index is 928. The molecule has 2 N–H and O–H groups in total. The number of amides is 2. The Morgan fingerprint density at radius 3 is 2.63 bits per heavy atom. The molecule has 2 aromatic carbocycles. The highest BCUT2D eigenvalue weighted by Gasteiger charge is 2.57. The van der Waals surface area contributed by atoms with Gasteiger partial charge < -0.3 is 10.4 Å². The molecule has 2 aliphatic rings. The Hall–Kier alpha value is -2.80. The van der Waals surface area contributed by atoms with E-state index in [0.717, 1.165) is 16.1 Å². The molecule has 6 nitrogen and oxygen atoms in total. The number of nitrogens with one attached hydrogen (secondary N) is 1. The zero-order valence-electron chi connectivity index (χ0n) is 14.5. The molecule has 2 aliphatic heterocycles. The molecule has 2 amide bonds. The number of fused-ring (bicyclic) bond motifs is 3. The molecule has 7 heteroatoms. The number of nitrogens with zero attached hydrogens (tertiary/aromatic N) is 1. The first-order valence-electron chi connectivity index (χ1n) is 8.73. The van der Waals surface area contributed by atoms with Crippen molar-refractivity contribution in [3.05, 3.63) is 59.7 Å². The van der Waals surface area contributed by atoms with Crippen molar-refractivity contribution in [2.45, 2.75) is 29.0 Å². The second kappa shape index (κ2) is 6.74. The van der Waals surface area contributed by atoms with Crippen molar-refractivity contribution in [3.63, 3.8) is 0 Å². The number of para-hydroxylation sites is 1. The van der Waals surface area contributed by atoms with Crippen LogP contribution in [0.3, 0.4) is 0 Å². The molecule has 0 aliphatic carbocycles. The van der Waals surface area contributed by atoms with Gasteiger partial charge >= 0.3 is 5.97 Å². The zero-order valence-corrected chi connectivity index (χ0v) is 15.3. The van der Waals surface area contributed by atoms with Crippen LogP contribution in [0.1, 0.15) is 28.8 Å². The van der Waals surface area contributed by atoms with E-state index < -0.39 is 10.8 Å². The Kier molecular flexibility index (Phi) is 4.39. The van der Waals surface area contributed by atoms with Crippen molar-refractivity contribution >= 4 is 35.2 Å². The van der Waals surface area contributed by atoms with Crippen molar-refractivity contribution in [2.24, 2.45) is 0 Å². The minimum Gasteiger partial charge on any atom is -0.478 e. The molecule has 1 atom stereocenters. The third-order valence-electron chi connectivity index (χ3n) is 4.93. The number of carbonyl (C=O) groups is 3. The first-order valence-corrected chi connectivity index (χ1v) is 9.54. The van der Waals surface area contributed by atoms with Crippen LogP contribution in [0.15, 0.2) is 53.4 Å². The topological polar surface area (TPSA) is 86.7 Å². The van der Waals surface area contributed by atoms with Crippen molar-refractivity contribution in [2.75, 3.05) is 11.4 Å². The summed E-state index contributed by atoms with van der Waals surface area (Å²) in [4.78, 5) is 38.0. The number of hydrogen-bond acceptors (Lipinski definition) is 4. The third-order valence-corrected chi connectivity index (χ3v) is 6.40. The van der Waals surface area contributed by atoms with Gasteiger partial charge in [0.05, 0.1) is 11.3 Å². The summed E-state index contributed by atoms with van der Waals surface area (Å²) in [5, 5.41) is 11.9. The zero-order chi connectivity index (χ0) is 19.0. The van der Waals surface area contributed by atoms with Crippen molar-refractivity contribution in [1.29, 1.82) is 0 Å². The molecule has 1 saturated heterocycles. The van der Waals surface area contributed by atoms with Gasteiger partial charge in [0, 0.05) is 17.9 Å². The predicted octanol–water partition coefficient (Wildman–Crippen LogP) is 2.67. The van der Waals surface area contributed by atoms with E-state index in [1.807, 2.05) is 24.3 Å². The molecule has 0 saturated carbocycles. The SMILES string of the molecule is O=C(O)c1ccc(CCNC(=O)C23CCC(=O)N2c2ccccc2S3)cc1. The van der Waals surface area contributed by atoms with Crippen molar-refractivity contribution < 1.29 is 19.5 Å². The average molecular weight is 382 g/mol. The van der Waals surface area contributed by atoms with Gasteiger partial charge in [-0.3, -0.25) is 14.5 Å². The lowest BCUT2D eigenvalue weighted by Gasteiger charge is -2.29. The fraction of sp³-hybridized carbons (Fsp3) is 0.250. The van der Waals surface area contributed by atoms with E-state index in [0.29, 0.717) is 25.8 Å². The Balaban J connectivity index is 1.44. The number of rotatable bonds is 5. The van der Waals surface area contributed by atoms with Crippen LogP contribution >= 0.6 is 11.8 Å². The van der Waals surface area contributed by atoms with Crippen LogP contribution in [0.5, 0.6) is 0 Å². The highest BCUT2D eigenvalue weighted by Crippen LogP contribution is 2.55. The molecule has 0 spiro atoms. The summed E-state index contributed by atoms with van der Waals surface area (Å²) in [6.07, 6.45) is 1.45. The van der Waals surface area contributed by atoms with E-state index in [1.165, 1.54) is 11.8 Å². The fourth-order valence-corrected chi connectivity index (χ4v) is 5.01. The summed E-state index contributed by atoms with van der Waals surface area (Å²) in [6, 6.07) is 14.2. The molecular formula is C20H18N2O4S. The van der Waals surface area contributed by atoms with E-state index in [2.05, 4.69) is 5.32 Å². The van der Waals surface area contributed by atoms with Gasteiger partial charge in [-0.2, -0.15) is 0 Å². The predicted molar refractivity (Wildman–Crippen MR) is 102 cm³/mol. The van der Waals surface area contributed by atoms with Crippen molar-refractivity contribution in [3.8, 4) is 0 Å². The first-order chi connectivity index (χ1) is 13.0. The molecule has 0 radical (unpaired) electrons. The molecule has 0 bridgehead atoms. The molecule has 4 rings (SSSR count). The summed E-state index contributed by atoms with van der Waals surface area (Å²) >= 11 is 1.45. The van der Waals surface area contributed by atoms with Gasteiger partial charge in [0.1, 0.15) is 0 Å². The molecular weight excluding hydrogens is 364 g/mol. The number of hydrogen-bond donors (Lipinski definition) is 2. The maximum absolute atomic E-state index is 13.0. The highest BCUT2D eigenvalue weighted by molar-refractivity contribution is 8.02. The number of anilines is 1. The minimum absolute atomic E-state index is 0.0214. The largest absolute Gasteiger partial charge is 0.478 e. The summed E-state index contributed by atoms with van der Waals surface area (Å²) in [7, 11) is 0. The minimum atomic E-state index is -0.960. The van der Waals surface area contributed by atoms with E-state index in [-0.39, 0.29) is 17.4 Å². The summed E-state index contributed by atoms with van der Waals surface area (Å²) in [6.45, 7) is 0.423. The fourth-order valence-electron chi connectivity index (χ4n) is 3.57. The molecule has 138 valence electrons. The Morgan fingerprint density at radius 1 is 1.15 bits per heavy atom. The highest BCUT2D eigenvalue weighted by atomic mass is 32.2. The van der Waals surface area contributed by atoms with Crippen LogP contribution in [0.25, 0.3) is 0 Å². The standard InChI is InChI=1S/C20H18N2O4S/c23-17-9-11-20(22(17)15-3-1-2-4-16(15)27-20)19(26)21-12-10-13-5-7-14(8-6-13)18(24)25/h1-8H,9-12H2,(H,21,26)(H,24,25). The molecule has 1 fully saturated rings. The molecule has 2 aromatic rings. The summed E-state index contributed by atoms with van der Waals surface area (Å²) in [5.41, 5.74) is 1.99. The maximum atomic E-state index is 13.0. The summed E-state index contributed by atoms with van der Waals surface area (Å²) < 4.78 is 0. The number of carboxylic acids is 1. The van der Waals surface area contributed by atoms with E-state index in [9.17, 15) is 14.4 Å².